The molecule has 1 N–H and O–H groups in total. The van der Waals surface area contributed by atoms with Crippen LogP contribution < -0.4 is 5.32 Å². The van der Waals surface area contributed by atoms with E-state index in [4.69, 9.17) is 0 Å². The second-order valence-electron chi connectivity index (χ2n) is 4.33. The number of hydrogen-bond donors (Lipinski definition) is 1. The van der Waals surface area contributed by atoms with Gasteiger partial charge in [-0.2, -0.15) is 0 Å². The second-order valence-corrected chi connectivity index (χ2v) is 4.33. The van der Waals surface area contributed by atoms with E-state index in [9.17, 15) is 0 Å². The molecular weight excluding hydrogens is 160 g/mol. The Balaban J connectivity index is 2.28. The lowest BCUT2D eigenvalue weighted by atomic mass is 9.87. The van der Waals surface area contributed by atoms with Crippen molar-refractivity contribution in [1.29, 1.82) is 0 Å². The monoisotopic (exact) mass is 178 g/mol. The van der Waals surface area contributed by atoms with Crippen LogP contribution in [0, 0.1) is 17.3 Å². The molecular formula is C11H18N2. The highest BCUT2D eigenvalue weighted by atomic mass is 15.0. The molecule has 1 saturated carbocycles. The van der Waals surface area contributed by atoms with Crippen LogP contribution in [0.1, 0.15) is 27.2 Å². The van der Waals surface area contributed by atoms with Crippen LogP contribution in [0.3, 0.4) is 0 Å². The van der Waals surface area contributed by atoms with Crippen molar-refractivity contribution in [3.8, 4) is 0 Å². The largest absolute Gasteiger partial charge is 0.350 e. The SMILES string of the molecule is CCN=C1NC=CC2CC12C(C)C. The molecule has 2 aliphatic rings. The molecule has 72 valence electrons. The van der Waals surface area contributed by atoms with Gasteiger partial charge in [-0.05, 0) is 31.4 Å². The summed E-state index contributed by atoms with van der Waals surface area (Å²) in [5.74, 6) is 2.66. The van der Waals surface area contributed by atoms with Crippen LogP contribution in [0.5, 0.6) is 0 Å². The number of nitrogens with zero attached hydrogens (tertiary/aromatic N) is 1. The first-order chi connectivity index (χ1) is 6.21. The third kappa shape index (κ3) is 1.11. The first kappa shape index (κ1) is 8.79. The van der Waals surface area contributed by atoms with Crippen LogP contribution in [-0.2, 0) is 0 Å². The number of rotatable bonds is 2. The fourth-order valence-electron chi connectivity index (χ4n) is 2.48. The molecule has 1 heterocycles. The fraction of sp³-hybridized carbons (Fsp3) is 0.727. The Kier molecular flexibility index (Phi) is 1.94. The molecule has 0 spiro atoms. The highest BCUT2D eigenvalue weighted by Gasteiger charge is 2.59. The van der Waals surface area contributed by atoms with Crippen molar-refractivity contribution in [3.63, 3.8) is 0 Å². The summed E-state index contributed by atoms with van der Waals surface area (Å²) in [7, 11) is 0. The van der Waals surface area contributed by atoms with Gasteiger partial charge in [-0.1, -0.05) is 19.9 Å². The third-order valence-electron chi connectivity index (χ3n) is 3.40. The van der Waals surface area contributed by atoms with Crippen molar-refractivity contribution in [2.24, 2.45) is 22.2 Å². The summed E-state index contributed by atoms with van der Waals surface area (Å²) in [6.45, 7) is 7.58. The van der Waals surface area contributed by atoms with Gasteiger partial charge in [-0.25, -0.2) is 0 Å². The van der Waals surface area contributed by atoms with Crippen LogP contribution >= 0.6 is 0 Å². The zero-order valence-corrected chi connectivity index (χ0v) is 8.67. The lowest BCUT2D eigenvalue weighted by Crippen LogP contribution is -2.36. The van der Waals surface area contributed by atoms with Gasteiger partial charge in [0.15, 0.2) is 0 Å². The molecule has 1 aliphatic carbocycles. The van der Waals surface area contributed by atoms with Crippen molar-refractivity contribution >= 4 is 5.84 Å². The maximum Gasteiger partial charge on any atom is 0.107 e. The van der Waals surface area contributed by atoms with Gasteiger partial charge < -0.3 is 5.32 Å². The summed E-state index contributed by atoms with van der Waals surface area (Å²) in [5, 5.41) is 3.30. The van der Waals surface area contributed by atoms with Crippen molar-refractivity contribution < 1.29 is 0 Å². The number of amidine groups is 1. The lowest BCUT2D eigenvalue weighted by molar-refractivity contribution is 0.442. The van der Waals surface area contributed by atoms with Gasteiger partial charge in [0.2, 0.25) is 0 Å². The minimum Gasteiger partial charge on any atom is -0.350 e. The van der Waals surface area contributed by atoms with E-state index in [1.807, 2.05) is 6.20 Å². The first-order valence-electron chi connectivity index (χ1n) is 5.20. The Labute approximate surface area is 80.1 Å². The zero-order chi connectivity index (χ0) is 9.47. The molecule has 0 saturated heterocycles. The van der Waals surface area contributed by atoms with E-state index < -0.39 is 0 Å². The quantitative estimate of drug-likeness (QED) is 0.688. The molecule has 2 rings (SSSR count). The number of aliphatic imine (C=N–C) groups is 1. The van der Waals surface area contributed by atoms with Crippen molar-refractivity contribution in [3.05, 3.63) is 12.3 Å². The van der Waals surface area contributed by atoms with Gasteiger partial charge in [0.1, 0.15) is 5.84 Å². The molecule has 1 aliphatic heterocycles. The second kappa shape index (κ2) is 2.86. The molecule has 2 nitrogen and oxygen atoms in total. The Morgan fingerprint density at radius 2 is 2.46 bits per heavy atom. The number of nitrogens with one attached hydrogen (secondary N) is 1. The minimum atomic E-state index is 0.366. The van der Waals surface area contributed by atoms with E-state index in [-0.39, 0.29) is 0 Å². The van der Waals surface area contributed by atoms with Crippen LogP contribution in [0.25, 0.3) is 0 Å². The molecule has 0 aromatic heterocycles. The number of hydrogen-bond acceptors (Lipinski definition) is 1. The molecule has 0 amide bonds. The number of allylic oxidation sites excluding steroid dienone is 1. The average molecular weight is 178 g/mol. The zero-order valence-electron chi connectivity index (χ0n) is 8.67. The molecule has 13 heavy (non-hydrogen) atoms. The van der Waals surface area contributed by atoms with Gasteiger partial charge in [-0.3, -0.25) is 4.99 Å². The molecule has 1 fully saturated rings. The minimum absolute atomic E-state index is 0.366. The van der Waals surface area contributed by atoms with E-state index >= 15 is 0 Å². The maximum absolute atomic E-state index is 4.55. The van der Waals surface area contributed by atoms with E-state index in [0.29, 0.717) is 11.3 Å². The summed E-state index contributed by atoms with van der Waals surface area (Å²) in [6.07, 6.45) is 5.62. The van der Waals surface area contributed by atoms with E-state index in [1.165, 1.54) is 12.3 Å². The summed E-state index contributed by atoms with van der Waals surface area (Å²) in [4.78, 5) is 4.55. The number of fused-ring (bicyclic) bond motifs is 1. The van der Waals surface area contributed by atoms with Crippen LogP contribution in [0.15, 0.2) is 17.3 Å². The Hall–Kier alpha value is -0.790. The molecule has 0 aromatic rings. The Bertz CT molecular complexity index is 265. The van der Waals surface area contributed by atoms with Crippen LogP contribution in [0.2, 0.25) is 0 Å². The summed E-state index contributed by atoms with van der Waals surface area (Å²) < 4.78 is 0. The van der Waals surface area contributed by atoms with Crippen molar-refractivity contribution in [1.82, 2.24) is 5.32 Å². The molecule has 2 heteroatoms. The Morgan fingerprint density at radius 1 is 1.69 bits per heavy atom. The molecule has 0 bridgehead atoms. The van der Waals surface area contributed by atoms with Crippen LogP contribution in [-0.4, -0.2) is 12.4 Å². The van der Waals surface area contributed by atoms with E-state index in [1.54, 1.807) is 0 Å². The predicted octanol–water partition coefficient (Wildman–Crippen LogP) is 2.18. The van der Waals surface area contributed by atoms with Crippen molar-refractivity contribution in [2.45, 2.75) is 27.2 Å². The van der Waals surface area contributed by atoms with Gasteiger partial charge in [0.05, 0.1) is 0 Å². The summed E-state index contributed by atoms with van der Waals surface area (Å²) >= 11 is 0. The molecule has 2 unspecified atom stereocenters. The lowest BCUT2D eigenvalue weighted by Gasteiger charge is -2.26. The fourth-order valence-corrected chi connectivity index (χ4v) is 2.48. The topological polar surface area (TPSA) is 24.4 Å². The smallest absolute Gasteiger partial charge is 0.107 e. The summed E-state index contributed by atoms with van der Waals surface area (Å²) in [5.41, 5.74) is 0.366. The highest BCUT2D eigenvalue weighted by molar-refractivity contribution is 5.93. The Morgan fingerprint density at radius 3 is 3.08 bits per heavy atom. The molecule has 0 aromatic carbocycles. The van der Waals surface area contributed by atoms with Gasteiger partial charge >= 0.3 is 0 Å². The van der Waals surface area contributed by atoms with Gasteiger partial charge in [-0.15, -0.1) is 0 Å². The molecule has 0 radical (unpaired) electrons. The average Bonchev–Trinajstić information content (AvgIpc) is 2.81. The maximum atomic E-state index is 4.55. The van der Waals surface area contributed by atoms with Gasteiger partial charge in [0.25, 0.3) is 0 Å². The van der Waals surface area contributed by atoms with Crippen LogP contribution in [0.4, 0.5) is 0 Å². The third-order valence-corrected chi connectivity index (χ3v) is 3.40. The van der Waals surface area contributed by atoms with Gasteiger partial charge in [0, 0.05) is 12.0 Å². The molecule has 2 atom stereocenters. The standard InChI is InChI=1S/C11H18N2/c1-4-12-10-11(8(2)3)7-9(11)5-6-13-10/h5-6,8-9H,4,7H2,1-3H3,(H,12,13). The van der Waals surface area contributed by atoms with Crippen molar-refractivity contribution in [2.75, 3.05) is 6.54 Å². The first-order valence-corrected chi connectivity index (χ1v) is 5.20. The predicted molar refractivity (Wildman–Crippen MR) is 55.6 cm³/mol. The van der Waals surface area contributed by atoms with E-state index in [2.05, 4.69) is 37.2 Å². The van der Waals surface area contributed by atoms with E-state index in [0.717, 1.165) is 12.5 Å². The highest BCUT2D eigenvalue weighted by Crippen LogP contribution is 2.60. The summed E-state index contributed by atoms with van der Waals surface area (Å²) in [6, 6.07) is 0. The normalized spacial score (nSPS) is 39.1.